The number of nitrogens with one attached hydrogen (secondary N) is 2. The summed E-state index contributed by atoms with van der Waals surface area (Å²) in [6, 6.07) is 1.41. The number of H-pyrrole nitrogens is 1. The molecule has 1 fully saturated rings. The lowest BCUT2D eigenvalue weighted by Gasteiger charge is -2.32. The molecule has 13 heteroatoms. The van der Waals surface area contributed by atoms with Gasteiger partial charge in [-0.15, -0.1) is 5.10 Å². The molecule has 1 aliphatic carbocycles. The van der Waals surface area contributed by atoms with Crippen LogP contribution >= 0.6 is 0 Å². The van der Waals surface area contributed by atoms with Gasteiger partial charge in [0.2, 0.25) is 5.88 Å². The van der Waals surface area contributed by atoms with Crippen molar-refractivity contribution < 1.29 is 32.6 Å². The predicted molar refractivity (Wildman–Crippen MR) is 107 cm³/mol. The van der Waals surface area contributed by atoms with Gasteiger partial charge in [-0.1, -0.05) is 0 Å². The summed E-state index contributed by atoms with van der Waals surface area (Å²) >= 11 is 0. The third kappa shape index (κ3) is 5.32. The Bertz CT molecular complexity index is 973. The molecule has 0 unspecified atom stereocenters. The molecule has 3 N–H and O–H groups in total. The summed E-state index contributed by atoms with van der Waals surface area (Å²) < 4.78 is 44.6. The molecule has 0 spiro atoms. The molecule has 2 aromatic heterocycles. The van der Waals surface area contributed by atoms with E-state index in [2.05, 4.69) is 20.6 Å². The number of halogens is 3. The van der Waals surface area contributed by atoms with E-state index in [1.165, 1.54) is 24.8 Å². The zero-order chi connectivity index (χ0) is 23.6. The van der Waals surface area contributed by atoms with Gasteiger partial charge in [-0.05, 0) is 26.2 Å². The van der Waals surface area contributed by atoms with Crippen LogP contribution in [0.2, 0.25) is 0 Å². The van der Waals surface area contributed by atoms with Crippen LogP contribution in [0.25, 0.3) is 0 Å². The first-order valence-corrected chi connectivity index (χ1v) is 10.0. The molecule has 1 aliphatic rings. The number of carbonyl (C=O) groups excluding carboxylic acids is 1. The van der Waals surface area contributed by atoms with Crippen molar-refractivity contribution in [1.29, 1.82) is 0 Å². The number of alkyl halides is 3. The van der Waals surface area contributed by atoms with E-state index in [1.807, 2.05) is 0 Å². The zero-order valence-corrected chi connectivity index (χ0v) is 17.8. The Kier molecular flexibility index (Phi) is 6.65. The maximum absolute atomic E-state index is 12.8. The highest BCUT2D eigenvalue weighted by atomic mass is 19.4. The summed E-state index contributed by atoms with van der Waals surface area (Å²) in [5.74, 6) is 0.00723. The van der Waals surface area contributed by atoms with Crippen molar-refractivity contribution in [2.24, 2.45) is 7.05 Å². The monoisotopic (exact) mass is 458 g/mol. The number of rotatable bonds is 7. The van der Waals surface area contributed by atoms with Gasteiger partial charge >= 0.3 is 12.3 Å². The average Bonchev–Trinajstić information content (AvgIpc) is 3.39. The second kappa shape index (κ2) is 9.09. The Hall–Kier alpha value is -3.25. The Morgan fingerprint density at radius 1 is 1.41 bits per heavy atom. The number of amides is 2. The minimum absolute atomic E-state index is 0.116. The average molecular weight is 458 g/mol. The first kappa shape index (κ1) is 23.4. The highest BCUT2D eigenvalue weighted by Crippen LogP contribution is 2.38. The summed E-state index contributed by atoms with van der Waals surface area (Å²) in [6.07, 6.45) is -5.62. The normalized spacial score (nSPS) is 19.6. The van der Waals surface area contributed by atoms with Crippen molar-refractivity contribution in [1.82, 2.24) is 24.9 Å². The van der Waals surface area contributed by atoms with E-state index in [4.69, 9.17) is 4.74 Å². The summed E-state index contributed by atoms with van der Waals surface area (Å²) in [5, 5.41) is 23.1. The molecule has 10 nitrogen and oxygen atoms in total. The van der Waals surface area contributed by atoms with Crippen LogP contribution in [0, 0.1) is 0 Å². The van der Waals surface area contributed by atoms with Gasteiger partial charge < -0.3 is 20.1 Å². The number of anilines is 1. The molecule has 0 radical (unpaired) electrons. The fourth-order valence-electron chi connectivity index (χ4n) is 4.17. The van der Waals surface area contributed by atoms with Crippen LogP contribution in [0.1, 0.15) is 54.7 Å². The van der Waals surface area contributed by atoms with Crippen molar-refractivity contribution in [3.63, 3.8) is 0 Å². The zero-order valence-electron chi connectivity index (χ0n) is 17.8. The van der Waals surface area contributed by atoms with Gasteiger partial charge in [0, 0.05) is 42.9 Å². The Morgan fingerprint density at radius 2 is 2.12 bits per heavy atom. The lowest BCUT2D eigenvalue weighted by Crippen LogP contribution is -2.46. The minimum Gasteiger partial charge on any atom is -0.480 e. The number of aryl methyl sites for hydroxylation is 1. The number of nitrogens with zero attached hydrogens (tertiary/aromatic N) is 4. The number of ether oxygens (including phenoxy) is 1. The van der Waals surface area contributed by atoms with Crippen molar-refractivity contribution in [3.05, 3.63) is 23.5 Å². The van der Waals surface area contributed by atoms with E-state index in [0.29, 0.717) is 30.8 Å². The number of aromatic amines is 1. The van der Waals surface area contributed by atoms with Crippen molar-refractivity contribution in [3.8, 4) is 5.88 Å². The molecule has 0 aromatic carbocycles. The molecule has 2 heterocycles. The predicted octanol–water partition coefficient (Wildman–Crippen LogP) is 3.36. The molecular formula is C19H25F3N6O4. The smallest absolute Gasteiger partial charge is 0.407 e. The molecule has 3 atom stereocenters. The number of hydrogen-bond acceptors (Lipinski definition) is 5. The van der Waals surface area contributed by atoms with Gasteiger partial charge in [0.1, 0.15) is 5.69 Å². The van der Waals surface area contributed by atoms with Crippen LogP contribution in [0.5, 0.6) is 5.88 Å². The molecule has 0 saturated heterocycles. The SMILES string of the molecule is COc1cc(C(=O)Nc2cc([C@H]3CC[C@@H](N(C(=O)O)[C@H](C)CC(F)(F)F)C3)[nH]n2)n(C)n1. The van der Waals surface area contributed by atoms with Gasteiger partial charge in [-0.25, -0.2) is 4.79 Å². The summed E-state index contributed by atoms with van der Waals surface area (Å²) in [7, 11) is 3.04. The van der Waals surface area contributed by atoms with Crippen LogP contribution in [-0.2, 0) is 7.05 Å². The fraction of sp³-hybridized carbons (Fsp3) is 0.579. The number of aromatic nitrogens is 4. The van der Waals surface area contributed by atoms with Crippen molar-refractivity contribution in [2.45, 2.75) is 56.8 Å². The lowest BCUT2D eigenvalue weighted by atomic mass is 10.0. The molecule has 32 heavy (non-hydrogen) atoms. The third-order valence-electron chi connectivity index (χ3n) is 5.60. The van der Waals surface area contributed by atoms with Crippen LogP contribution < -0.4 is 10.1 Å². The van der Waals surface area contributed by atoms with Crippen molar-refractivity contribution >= 4 is 17.8 Å². The topological polar surface area (TPSA) is 125 Å². The molecule has 0 aliphatic heterocycles. The first-order chi connectivity index (χ1) is 15.0. The molecular weight excluding hydrogens is 433 g/mol. The van der Waals surface area contributed by atoms with Gasteiger partial charge in [0.05, 0.1) is 13.5 Å². The van der Waals surface area contributed by atoms with Crippen LogP contribution in [0.4, 0.5) is 23.8 Å². The number of hydrogen-bond donors (Lipinski definition) is 3. The second-order valence-corrected chi connectivity index (χ2v) is 7.88. The van der Waals surface area contributed by atoms with E-state index in [0.717, 1.165) is 4.90 Å². The van der Waals surface area contributed by atoms with E-state index in [-0.39, 0.29) is 17.4 Å². The standard InChI is InChI=1S/C19H25F3N6O4/c1-10(9-19(20,21)22)28(18(30)31)12-5-4-11(6-12)13-7-15(25-24-13)23-17(29)14-8-16(32-3)26-27(14)2/h7-8,10-12H,4-6,9H2,1-3H3,(H,30,31)(H2,23,24,25,29)/t10-,11+,12-/m1/s1. The quantitative estimate of drug-likeness (QED) is 0.584. The van der Waals surface area contributed by atoms with Crippen LogP contribution in [-0.4, -0.2) is 67.4 Å². The summed E-state index contributed by atoms with van der Waals surface area (Å²) in [5.41, 5.74) is 0.947. The molecule has 0 bridgehead atoms. The number of carbonyl (C=O) groups is 2. The molecule has 3 rings (SSSR count). The van der Waals surface area contributed by atoms with Gasteiger partial charge in [-0.3, -0.25) is 14.6 Å². The number of methoxy groups -OCH3 is 1. The fourth-order valence-corrected chi connectivity index (χ4v) is 4.17. The largest absolute Gasteiger partial charge is 0.480 e. The Balaban J connectivity index is 1.64. The molecule has 1 saturated carbocycles. The molecule has 2 aromatic rings. The highest BCUT2D eigenvalue weighted by Gasteiger charge is 2.40. The van der Waals surface area contributed by atoms with E-state index in [1.54, 1.807) is 13.1 Å². The van der Waals surface area contributed by atoms with Gasteiger partial charge in [-0.2, -0.15) is 18.3 Å². The van der Waals surface area contributed by atoms with Gasteiger partial charge in [0.15, 0.2) is 5.82 Å². The van der Waals surface area contributed by atoms with E-state index >= 15 is 0 Å². The van der Waals surface area contributed by atoms with E-state index < -0.39 is 36.7 Å². The third-order valence-corrected chi connectivity index (χ3v) is 5.60. The lowest BCUT2D eigenvalue weighted by molar-refractivity contribution is -0.145. The minimum atomic E-state index is -4.44. The van der Waals surface area contributed by atoms with Gasteiger partial charge in [0.25, 0.3) is 5.91 Å². The van der Waals surface area contributed by atoms with E-state index in [9.17, 15) is 27.9 Å². The van der Waals surface area contributed by atoms with Crippen LogP contribution in [0.3, 0.4) is 0 Å². The Labute approximate surface area is 181 Å². The summed E-state index contributed by atoms with van der Waals surface area (Å²) in [4.78, 5) is 25.0. The highest BCUT2D eigenvalue weighted by molar-refractivity contribution is 6.02. The number of carboxylic acid groups (broad SMARTS) is 1. The molecule has 2 amide bonds. The maximum Gasteiger partial charge on any atom is 0.407 e. The van der Waals surface area contributed by atoms with Crippen LogP contribution in [0.15, 0.2) is 12.1 Å². The summed E-state index contributed by atoms with van der Waals surface area (Å²) in [6.45, 7) is 1.27. The van der Waals surface area contributed by atoms with Crippen molar-refractivity contribution in [2.75, 3.05) is 12.4 Å². The maximum atomic E-state index is 12.8. The second-order valence-electron chi connectivity index (χ2n) is 7.88. The first-order valence-electron chi connectivity index (χ1n) is 10.0. The molecule has 176 valence electrons. The Morgan fingerprint density at radius 3 is 2.72 bits per heavy atom.